The molecule has 1 atom stereocenters. The molecule has 0 N–H and O–H groups in total. The number of esters is 1. The molecule has 32 heavy (non-hydrogen) atoms. The van der Waals surface area contributed by atoms with Gasteiger partial charge in [-0.3, -0.25) is 0 Å². The van der Waals surface area contributed by atoms with Gasteiger partial charge in [-0.15, -0.1) is 0 Å². The van der Waals surface area contributed by atoms with Crippen LogP contribution in [0.4, 0.5) is 4.39 Å². The first kappa shape index (κ1) is 22.5. The first-order chi connectivity index (χ1) is 15.4. The Bertz CT molecular complexity index is 1180. The molecule has 0 saturated carbocycles. The Hall–Kier alpha value is -4.19. The van der Waals surface area contributed by atoms with Crippen molar-refractivity contribution in [3.8, 4) is 29.0 Å². The molecule has 164 valence electrons. The van der Waals surface area contributed by atoms with Crippen molar-refractivity contribution in [2.75, 3.05) is 13.7 Å². The second-order valence-electron chi connectivity index (χ2n) is 6.69. The Morgan fingerprint density at radius 2 is 2.09 bits per heavy atom. The summed E-state index contributed by atoms with van der Waals surface area (Å²) in [6.07, 6.45) is 1.98. The van der Waals surface area contributed by atoms with E-state index in [1.54, 1.807) is 50.3 Å². The summed E-state index contributed by atoms with van der Waals surface area (Å²) in [6.45, 7) is 3.14. The van der Waals surface area contributed by atoms with Gasteiger partial charge in [0.05, 0.1) is 7.11 Å². The molecule has 0 bridgehead atoms. The lowest BCUT2D eigenvalue weighted by Gasteiger charge is -2.09. The molecule has 0 saturated heterocycles. The van der Waals surface area contributed by atoms with Gasteiger partial charge >= 0.3 is 5.97 Å². The van der Waals surface area contributed by atoms with Crippen LogP contribution in [0.1, 0.15) is 30.0 Å². The van der Waals surface area contributed by atoms with Crippen LogP contribution in [0.3, 0.4) is 0 Å². The monoisotopic (exact) mass is 437 g/mol. The van der Waals surface area contributed by atoms with E-state index >= 15 is 0 Å². The fraction of sp³-hybridized carbons (Fsp3) is 0.217. The predicted molar refractivity (Wildman–Crippen MR) is 112 cm³/mol. The highest BCUT2D eigenvalue weighted by atomic mass is 19.1. The summed E-state index contributed by atoms with van der Waals surface area (Å²) in [5.74, 6) is 0.131. The molecule has 1 unspecified atom stereocenters. The van der Waals surface area contributed by atoms with Crippen LogP contribution in [0.25, 0.3) is 17.5 Å². The fourth-order valence-electron chi connectivity index (χ4n) is 2.69. The smallest absolute Gasteiger partial charge is 0.331 e. The number of halogens is 1. The van der Waals surface area contributed by atoms with Crippen molar-refractivity contribution in [1.82, 2.24) is 10.1 Å². The molecule has 1 heterocycles. The fourth-order valence-corrected chi connectivity index (χ4v) is 2.69. The number of ether oxygens (including phenoxy) is 3. The van der Waals surface area contributed by atoms with E-state index in [4.69, 9.17) is 24.0 Å². The minimum atomic E-state index is -0.806. The molecule has 8 nitrogen and oxygen atoms in total. The van der Waals surface area contributed by atoms with Crippen LogP contribution >= 0.6 is 0 Å². The molecule has 2 aromatic carbocycles. The van der Waals surface area contributed by atoms with Gasteiger partial charge < -0.3 is 18.7 Å². The van der Waals surface area contributed by atoms with Gasteiger partial charge in [0, 0.05) is 11.6 Å². The van der Waals surface area contributed by atoms with E-state index in [2.05, 4.69) is 10.1 Å². The van der Waals surface area contributed by atoms with Gasteiger partial charge in [-0.1, -0.05) is 23.4 Å². The van der Waals surface area contributed by atoms with E-state index in [9.17, 15) is 9.18 Å². The predicted octanol–water partition coefficient (Wildman–Crippen LogP) is 4.41. The summed E-state index contributed by atoms with van der Waals surface area (Å²) in [6, 6.07) is 11.5. The van der Waals surface area contributed by atoms with Crippen molar-refractivity contribution in [3.63, 3.8) is 0 Å². The Morgan fingerprint density at radius 1 is 1.28 bits per heavy atom. The minimum Gasteiger partial charge on any atom is -0.493 e. The van der Waals surface area contributed by atoms with E-state index in [1.807, 2.05) is 6.07 Å². The maximum absolute atomic E-state index is 13.8. The Morgan fingerprint density at radius 3 is 2.81 bits per heavy atom. The molecule has 9 heteroatoms. The summed E-state index contributed by atoms with van der Waals surface area (Å²) in [5, 5.41) is 12.4. The number of aromatic nitrogens is 2. The van der Waals surface area contributed by atoms with Crippen molar-refractivity contribution in [3.05, 3.63) is 65.3 Å². The van der Waals surface area contributed by atoms with Gasteiger partial charge in [-0.25, -0.2) is 9.18 Å². The lowest BCUT2D eigenvalue weighted by atomic mass is 10.1. The number of hydrogen-bond donors (Lipinski definition) is 0. The number of carbonyl (C=O) groups excluding carboxylic acids is 1. The van der Waals surface area contributed by atoms with E-state index in [0.717, 1.165) is 0 Å². The molecule has 1 aromatic heterocycles. The van der Waals surface area contributed by atoms with E-state index in [1.165, 1.54) is 19.3 Å². The zero-order valence-corrected chi connectivity index (χ0v) is 17.7. The van der Waals surface area contributed by atoms with Crippen molar-refractivity contribution in [2.45, 2.75) is 20.0 Å². The molecule has 3 aromatic rings. The largest absolute Gasteiger partial charge is 0.493 e. The molecule has 3 rings (SSSR count). The van der Waals surface area contributed by atoms with Gasteiger partial charge in [-0.05, 0) is 49.2 Å². The van der Waals surface area contributed by atoms with Crippen LogP contribution in [-0.4, -0.2) is 29.8 Å². The number of nitriles is 1. The molecular weight excluding hydrogens is 417 g/mol. The first-order valence-electron chi connectivity index (χ1n) is 9.58. The Balaban J connectivity index is 1.63. The number of rotatable bonds is 8. The third-order valence-electron chi connectivity index (χ3n) is 4.40. The SMILES string of the molecule is COc1cc(/C=C/C(=O)OC(C)c2nc(-c3ccc(C)c(F)c3)no2)ccc1OCC#N. The molecule has 0 fully saturated rings. The maximum atomic E-state index is 13.8. The normalized spacial score (nSPS) is 11.7. The number of methoxy groups -OCH3 is 1. The lowest BCUT2D eigenvalue weighted by molar-refractivity contribution is -0.143. The van der Waals surface area contributed by atoms with Gasteiger partial charge in [0.15, 0.2) is 24.2 Å². The third kappa shape index (κ3) is 5.49. The minimum absolute atomic E-state index is 0.0865. The molecule has 0 amide bonds. The topological polar surface area (TPSA) is 107 Å². The van der Waals surface area contributed by atoms with Crippen LogP contribution in [0.2, 0.25) is 0 Å². The second-order valence-corrected chi connectivity index (χ2v) is 6.69. The Labute approximate surface area is 183 Å². The number of hydrogen-bond acceptors (Lipinski definition) is 8. The van der Waals surface area contributed by atoms with Crippen LogP contribution < -0.4 is 9.47 Å². The third-order valence-corrected chi connectivity index (χ3v) is 4.40. The number of carbonyl (C=O) groups is 1. The van der Waals surface area contributed by atoms with Crippen molar-refractivity contribution < 1.29 is 27.9 Å². The van der Waals surface area contributed by atoms with Crippen molar-refractivity contribution in [2.24, 2.45) is 0 Å². The average molecular weight is 437 g/mol. The molecule has 0 aliphatic carbocycles. The van der Waals surface area contributed by atoms with Crippen LogP contribution in [0, 0.1) is 24.1 Å². The molecule has 0 radical (unpaired) electrons. The maximum Gasteiger partial charge on any atom is 0.331 e. The van der Waals surface area contributed by atoms with Gasteiger partial charge in [0.25, 0.3) is 5.89 Å². The molecular formula is C23H20FN3O5. The summed E-state index contributed by atoms with van der Waals surface area (Å²) >= 11 is 0. The zero-order chi connectivity index (χ0) is 23.1. The van der Waals surface area contributed by atoms with Crippen LogP contribution in [0.15, 0.2) is 47.0 Å². The van der Waals surface area contributed by atoms with Crippen LogP contribution in [-0.2, 0) is 9.53 Å². The number of aryl methyl sites for hydroxylation is 1. The summed E-state index contributed by atoms with van der Waals surface area (Å²) < 4.78 is 34.7. The second kappa shape index (κ2) is 10.2. The van der Waals surface area contributed by atoms with E-state index in [-0.39, 0.29) is 24.1 Å². The first-order valence-corrected chi connectivity index (χ1v) is 9.58. The molecule has 0 aliphatic rings. The average Bonchev–Trinajstić information content (AvgIpc) is 3.29. The van der Waals surface area contributed by atoms with E-state index in [0.29, 0.717) is 28.2 Å². The highest BCUT2D eigenvalue weighted by molar-refractivity contribution is 5.87. The van der Waals surface area contributed by atoms with Gasteiger partial charge in [-0.2, -0.15) is 10.2 Å². The lowest BCUT2D eigenvalue weighted by Crippen LogP contribution is -2.06. The summed E-state index contributed by atoms with van der Waals surface area (Å²) in [4.78, 5) is 16.4. The zero-order valence-electron chi connectivity index (χ0n) is 17.7. The standard InChI is InChI=1S/C23H20FN3O5/c1-14-4-7-17(13-18(14)24)22-26-23(32-27-22)15(2)31-21(28)9-6-16-5-8-19(30-11-10-25)20(12-16)29-3/h4-9,12-13,15H,11H2,1-3H3/b9-6+. The van der Waals surface area contributed by atoms with Crippen molar-refractivity contribution >= 4 is 12.0 Å². The highest BCUT2D eigenvalue weighted by Gasteiger charge is 2.19. The summed E-state index contributed by atoms with van der Waals surface area (Å²) in [5.41, 5.74) is 1.63. The number of nitrogens with zero attached hydrogens (tertiary/aromatic N) is 3. The van der Waals surface area contributed by atoms with Gasteiger partial charge in [0.1, 0.15) is 11.9 Å². The Kier molecular flexibility index (Phi) is 7.18. The van der Waals surface area contributed by atoms with Crippen molar-refractivity contribution in [1.29, 1.82) is 5.26 Å². The van der Waals surface area contributed by atoms with E-state index < -0.39 is 12.1 Å². The van der Waals surface area contributed by atoms with Gasteiger partial charge in [0.2, 0.25) is 5.82 Å². The highest BCUT2D eigenvalue weighted by Crippen LogP contribution is 2.28. The summed E-state index contributed by atoms with van der Waals surface area (Å²) in [7, 11) is 1.47. The molecule has 0 spiro atoms. The number of benzene rings is 2. The van der Waals surface area contributed by atoms with Crippen LogP contribution in [0.5, 0.6) is 11.5 Å². The quantitative estimate of drug-likeness (QED) is 0.377. The molecule has 0 aliphatic heterocycles.